The summed E-state index contributed by atoms with van der Waals surface area (Å²) in [7, 11) is 0. The summed E-state index contributed by atoms with van der Waals surface area (Å²) < 4.78 is 2.41. The number of carbonyl (C=O) groups excluding carboxylic acids is 2. The number of nitrogens with zero attached hydrogens (tertiary/aromatic N) is 2. The van der Waals surface area contributed by atoms with Crippen molar-refractivity contribution in [2.24, 2.45) is 0 Å². The van der Waals surface area contributed by atoms with Crippen LogP contribution in [0.1, 0.15) is 55.2 Å². The molecule has 0 bridgehead atoms. The van der Waals surface area contributed by atoms with Crippen molar-refractivity contribution in [3.8, 4) is 5.69 Å². The minimum absolute atomic E-state index is 0.179. The molecule has 1 N–H and O–H groups in total. The summed E-state index contributed by atoms with van der Waals surface area (Å²) in [6, 6.07) is 21.6. The van der Waals surface area contributed by atoms with E-state index in [1.54, 1.807) is 42.5 Å². The van der Waals surface area contributed by atoms with E-state index in [1.807, 2.05) is 44.2 Å². The molecule has 0 saturated heterocycles. The Labute approximate surface area is 202 Å². The van der Waals surface area contributed by atoms with Gasteiger partial charge in [-0.1, -0.05) is 61.5 Å². The lowest BCUT2D eigenvalue weighted by atomic mass is 10.1. The Hall–Kier alpha value is -4.26. The first kappa shape index (κ1) is 23.9. The number of ketones is 1. The smallest absolute Gasteiger partial charge is 0.336 e. The summed E-state index contributed by atoms with van der Waals surface area (Å²) in [4.78, 5) is 52.5. The largest absolute Gasteiger partial charge is 0.348 e. The predicted octanol–water partition coefficient (Wildman–Crippen LogP) is 4.18. The Morgan fingerprint density at radius 2 is 1.60 bits per heavy atom. The zero-order chi connectivity index (χ0) is 25.1. The zero-order valence-electron chi connectivity index (χ0n) is 19.9. The van der Waals surface area contributed by atoms with Crippen LogP contribution in [0, 0.1) is 0 Å². The molecule has 0 aliphatic rings. The molecule has 178 valence electrons. The molecule has 7 nitrogen and oxygen atoms in total. The first-order chi connectivity index (χ1) is 16.8. The van der Waals surface area contributed by atoms with Crippen molar-refractivity contribution in [2.75, 3.05) is 0 Å². The standard InChI is InChI=1S/C28H27N3O4/c1-4-24(26(33)29-18(2)20-11-6-5-7-12-20)31-25-16-9-8-15-23(25)27(34)30(28(31)35)22-14-10-13-21(17-22)19(3)32/h5-18,24H,4H2,1-3H3,(H,29,33)/t18-,24+/m1/s1. The lowest BCUT2D eigenvalue weighted by Crippen LogP contribution is -2.44. The SMILES string of the molecule is CC[C@@H](C(=O)N[C@H](C)c1ccccc1)n1c(=O)n(-c2cccc(C(C)=O)c2)c(=O)c2ccccc21. The van der Waals surface area contributed by atoms with Gasteiger partial charge in [-0.3, -0.25) is 19.0 Å². The molecule has 1 heterocycles. The van der Waals surface area contributed by atoms with Gasteiger partial charge < -0.3 is 5.32 Å². The molecule has 0 radical (unpaired) electrons. The lowest BCUT2D eigenvalue weighted by molar-refractivity contribution is -0.125. The van der Waals surface area contributed by atoms with E-state index in [0.717, 1.165) is 10.1 Å². The Morgan fingerprint density at radius 1 is 0.914 bits per heavy atom. The summed E-state index contributed by atoms with van der Waals surface area (Å²) >= 11 is 0. The van der Waals surface area contributed by atoms with Gasteiger partial charge in [-0.15, -0.1) is 0 Å². The summed E-state index contributed by atoms with van der Waals surface area (Å²) in [5.41, 5.74) is 0.851. The van der Waals surface area contributed by atoms with Gasteiger partial charge in [-0.2, -0.15) is 0 Å². The van der Waals surface area contributed by atoms with Crippen LogP contribution in [-0.4, -0.2) is 20.8 Å². The maximum atomic E-state index is 13.8. The van der Waals surface area contributed by atoms with Gasteiger partial charge in [0.1, 0.15) is 6.04 Å². The fourth-order valence-corrected chi connectivity index (χ4v) is 4.30. The van der Waals surface area contributed by atoms with Gasteiger partial charge in [-0.05, 0) is 50.1 Å². The summed E-state index contributed by atoms with van der Waals surface area (Å²) in [6.45, 7) is 5.13. The van der Waals surface area contributed by atoms with E-state index in [1.165, 1.54) is 17.6 Å². The van der Waals surface area contributed by atoms with E-state index < -0.39 is 17.3 Å². The van der Waals surface area contributed by atoms with Crippen molar-refractivity contribution in [3.63, 3.8) is 0 Å². The highest BCUT2D eigenvalue weighted by Crippen LogP contribution is 2.20. The summed E-state index contributed by atoms with van der Waals surface area (Å²) in [5, 5.41) is 3.31. The fraction of sp³-hybridized carbons (Fsp3) is 0.214. The highest BCUT2D eigenvalue weighted by Gasteiger charge is 2.26. The number of hydrogen-bond acceptors (Lipinski definition) is 4. The molecule has 0 spiro atoms. The van der Waals surface area contributed by atoms with Gasteiger partial charge in [0.2, 0.25) is 5.91 Å². The number of fused-ring (bicyclic) bond motifs is 1. The zero-order valence-corrected chi connectivity index (χ0v) is 19.9. The molecule has 3 aromatic carbocycles. The second kappa shape index (κ2) is 9.93. The van der Waals surface area contributed by atoms with E-state index in [4.69, 9.17) is 0 Å². The van der Waals surface area contributed by atoms with Crippen LogP contribution >= 0.6 is 0 Å². The number of hydrogen-bond donors (Lipinski definition) is 1. The Kier molecular flexibility index (Phi) is 6.78. The minimum Gasteiger partial charge on any atom is -0.348 e. The molecule has 2 atom stereocenters. The highest BCUT2D eigenvalue weighted by atomic mass is 16.2. The maximum Gasteiger partial charge on any atom is 0.336 e. The Bertz CT molecular complexity index is 1520. The van der Waals surface area contributed by atoms with E-state index in [9.17, 15) is 19.2 Å². The molecular weight excluding hydrogens is 442 g/mol. The van der Waals surface area contributed by atoms with E-state index in [0.29, 0.717) is 22.9 Å². The van der Waals surface area contributed by atoms with Gasteiger partial charge in [0.25, 0.3) is 5.56 Å². The summed E-state index contributed by atoms with van der Waals surface area (Å²) in [5.74, 6) is -0.500. The molecule has 0 aliphatic carbocycles. The predicted molar refractivity (Wildman–Crippen MR) is 136 cm³/mol. The van der Waals surface area contributed by atoms with Crippen molar-refractivity contribution < 1.29 is 9.59 Å². The number of benzene rings is 3. The van der Waals surface area contributed by atoms with Crippen LogP contribution in [0.25, 0.3) is 16.6 Å². The van der Waals surface area contributed by atoms with E-state index in [-0.39, 0.29) is 23.4 Å². The average molecular weight is 470 g/mol. The monoisotopic (exact) mass is 469 g/mol. The van der Waals surface area contributed by atoms with Crippen LogP contribution in [0.15, 0.2) is 88.5 Å². The normalized spacial score (nSPS) is 12.8. The molecule has 7 heteroatoms. The molecule has 4 rings (SSSR count). The molecular formula is C28H27N3O4. The molecule has 1 amide bonds. The lowest BCUT2D eigenvalue weighted by Gasteiger charge is -2.24. The fourth-order valence-electron chi connectivity index (χ4n) is 4.30. The van der Waals surface area contributed by atoms with Crippen molar-refractivity contribution in [1.29, 1.82) is 0 Å². The van der Waals surface area contributed by atoms with E-state index >= 15 is 0 Å². The highest BCUT2D eigenvalue weighted by molar-refractivity contribution is 5.94. The third kappa shape index (κ3) is 4.57. The quantitative estimate of drug-likeness (QED) is 0.411. The van der Waals surface area contributed by atoms with Gasteiger partial charge in [0.15, 0.2) is 5.78 Å². The van der Waals surface area contributed by atoms with Crippen LogP contribution in [0.5, 0.6) is 0 Å². The average Bonchev–Trinajstić information content (AvgIpc) is 2.87. The number of para-hydroxylation sites is 1. The minimum atomic E-state index is -0.846. The maximum absolute atomic E-state index is 13.8. The first-order valence-corrected chi connectivity index (χ1v) is 11.6. The van der Waals surface area contributed by atoms with Crippen molar-refractivity contribution >= 4 is 22.6 Å². The first-order valence-electron chi connectivity index (χ1n) is 11.6. The molecule has 35 heavy (non-hydrogen) atoms. The van der Waals surface area contributed by atoms with Crippen molar-refractivity contribution in [1.82, 2.24) is 14.5 Å². The van der Waals surface area contributed by atoms with E-state index in [2.05, 4.69) is 5.32 Å². The number of carbonyl (C=O) groups is 2. The van der Waals surface area contributed by atoms with Crippen molar-refractivity contribution in [3.05, 3.63) is 111 Å². The van der Waals surface area contributed by atoms with Crippen molar-refractivity contribution in [2.45, 2.75) is 39.3 Å². The second-order valence-corrected chi connectivity index (χ2v) is 8.48. The third-order valence-electron chi connectivity index (χ3n) is 6.16. The topological polar surface area (TPSA) is 90.2 Å². The van der Waals surface area contributed by atoms with Crippen LogP contribution in [0.2, 0.25) is 0 Å². The number of amides is 1. The molecule has 0 unspecified atom stereocenters. The van der Waals surface area contributed by atoms with Gasteiger partial charge in [0.05, 0.1) is 22.6 Å². The van der Waals surface area contributed by atoms with Crippen LogP contribution in [0.4, 0.5) is 0 Å². The van der Waals surface area contributed by atoms with Gasteiger partial charge in [0, 0.05) is 5.56 Å². The second-order valence-electron chi connectivity index (χ2n) is 8.48. The van der Waals surface area contributed by atoms with Crippen LogP contribution in [0.3, 0.4) is 0 Å². The number of rotatable bonds is 7. The molecule has 0 aliphatic heterocycles. The molecule has 4 aromatic rings. The third-order valence-corrected chi connectivity index (χ3v) is 6.16. The van der Waals surface area contributed by atoms with Crippen LogP contribution in [-0.2, 0) is 4.79 Å². The Morgan fingerprint density at radius 3 is 2.29 bits per heavy atom. The number of nitrogens with one attached hydrogen (secondary N) is 1. The summed E-state index contributed by atoms with van der Waals surface area (Å²) in [6.07, 6.45) is 0.336. The van der Waals surface area contributed by atoms with Gasteiger partial charge >= 0.3 is 5.69 Å². The van der Waals surface area contributed by atoms with Gasteiger partial charge in [-0.25, -0.2) is 9.36 Å². The number of Topliss-reactive ketones (excluding diaryl/α,β-unsaturated/α-hetero) is 1. The molecule has 0 saturated carbocycles. The Balaban J connectivity index is 1.89. The molecule has 0 fully saturated rings. The number of aromatic nitrogens is 2. The molecule has 1 aromatic heterocycles. The van der Waals surface area contributed by atoms with Crippen LogP contribution < -0.4 is 16.6 Å².